The number of rotatable bonds is 5. The van der Waals surface area contributed by atoms with E-state index in [-0.39, 0.29) is 9.80 Å². The summed E-state index contributed by atoms with van der Waals surface area (Å²) in [5.74, 6) is 0.475. The molecule has 15 heavy (non-hydrogen) atoms. The summed E-state index contributed by atoms with van der Waals surface area (Å²) in [5, 5.41) is 10.5. The van der Waals surface area contributed by atoms with Crippen molar-refractivity contribution >= 4 is 28.3 Å². The zero-order chi connectivity index (χ0) is 11.3. The van der Waals surface area contributed by atoms with Crippen molar-refractivity contribution in [3.63, 3.8) is 0 Å². The molecule has 1 aromatic rings. The molecular weight excluding hydrogens is 313 g/mol. The van der Waals surface area contributed by atoms with Crippen LogP contribution in [0.2, 0.25) is 0 Å². The molecule has 0 amide bonds. The van der Waals surface area contributed by atoms with Crippen molar-refractivity contribution in [2.24, 2.45) is 0 Å². The molecule has 0 spiro atoms. The highest BCUT2D eigenvalue weighted by atomic mass is 127. The van der Waals surface area contributed by atoms with Gasteiger partial charge in [-0.1, -0.05) is 6.07 Å². The molecule has 0 saturated heterocycles. The lowest BCUT2D eigenvalue weighted by molar-refractivity contribution is -0.384. The number of hydrogen-bond acceptors (Lipinski definition) is 4. The molecule has 0 radical (unpaired) electrons. The average molecular weight is 323 g/mol. The van der Waals surface area contributed by atoms with Gasteiger partial charge in [-0.05, 0) is 28.7 Å². The van der Waals surface area contributed by atoms with Crippen LogP contribution in [0.25, 0.3) is 0 Å². The molecule has 1 unspecified atom stereocenters. The van der Waals surface area contributed by atoms with E-state index >= 15 is 0 Å². The predicted molar refractivity (Wildman–Crippen MR) is 63.4 cm³/mol. The fraction of sp³-hybridized carbons (Fsp3) is 0.333. The summed E-state index contributed by atoms with van der Waals surface area (Å²) in [6.07, 6.45) is 0. The smallest absolute Gasteiger partial charge is 0.273 e. The number of methoxy groups -OCH3 is 1. The van der Waals surface area contributed by atoms with E-state index in [0.29, 0.717) is 12.4 Å². The summed E-state index contributed by atoms with van der Waals surface area (Å²) >= 11 is 2.07. The van der Waals surface area contributed by atoms with Gasteiger partial charge in [0.1, 0.15) is 16.5 Å². The minimum atomic E-state index is -0.454. The quantitative estimate of drug-likeness (QED) is 0.361. The van der Waals surface area contributed by atoms with Gasteiger partial charge >= 0.3 is 0 Å². The number of non-ortho nitro benzene ring substituents is 1. The van der Waals surface area contributed by atoms with E-state index in [1.165, 1.54) is 12.1 Å². The van der Waals surface area contributed by atoms with Gasteiger partial charge in [-0.3, -0.25) is 10.1 Å². The Morgan fingerprint density at radius 3 is 2.93 bits per heavy atom. The van der Waals surface area contributed by atoms with Gasteiger partial charge in [0.15, 0.2) is 0 Å². The van der Waals surface area contributed by atoms with E-state index in [1.807, 2.05) is 0 Å². The number of benzene rings is 1. The maximum absolute atomic E-state index is 10.5. The standard InChI is InChI=1S/C9H10INO4/c1-14-9(10)6-15-8-4-2-3-7(5-8)11(12)13/h2-5,9H,6H2,1H3. The first-order chi connectivity index (χ1) is 7.13. The molecule has 82 valence electrons. The van der Waals surface area contributed by atoms with Crippen molar-refractivity contribution < 1.29 is 14.4 Å². The zero-order valence-corrected chi connectivity index (χ0v) is 10.2. The SMILES string of the molecule is COC(I)COc1cccc([N+](=O)[O-])c1. The molecule has 0 fully saturated rings. The Morgan fingerprint density at radius 2 is 2.33 bits per heavy atom. The molecule has 1 atom stereocenters. The number of nitro groups is 1. The first-order valence-corrected chi connectivity index (χ1v) is 5.42. The average Bonchev–Trinajstić information content (AvgIpc) is 2.26. The first-order valence-electron chi connectivity index (χ1n) is 4.17. The molecule has 0 N–H and O–H groups in total. The van der Waals surface area contributed by atoms with Crippen LogP contribution in [-0.4, -0.2) is 22.8 Å². The van der Waals surface area contributed by atoms with Crippen molar-refractivity contribution in [3.05, 3.63) is 34.4 Å². The Kier molecular flexibility index (Phi) is 4.76. The monoisotopic (exact) mass is 323 g/mol. The number of hydrogen-bond donors (Lipinski definition) is 0. The van der Waals surface area contributed by atoms with Crippen molar-refractivity contribution in [1.82, 2.24) is 0 Å². The molecule has 0 aromatic heterocycles. The summed E-state index contributed by atoms with van der Waals surface area (Å²) < 4.78 is 10.2. The van der Waals surface area contributed by atoms with Gasteiger partial charge in [-0.2, -0.15) is 0 Å². The summed E-state index contributed by atoms with van der Waals surface area (Å²) in [5.41, 5.74) is 0.0231. The zero-order valence-electron chi connectivity index (χ0n) is 8.05. The van der Waals surface area contributed by atoms with E-state index in [9.17, 15) is 10.1 Å². The second-order valence-electron chi connectivity index (χ2n) is 2.71. The van der Waals surface area contributed by atoms with Gasteiger partial charge in [0.2, 0.25) is 0 Å². The summed E-state index contributed by atoms with van der Waals surface area (Å²) in [6.45, 7) is 0.359. The van der Waals surface area contributed by atoms with E-state index < -0.39 is 4.92 Å². The van der Waals surface area contributed by atoms with Crippen molar-refractivity contribution in [2.75, 3.05) is 13.7 Å². The third-order valence-corrected chi connectivity index (χ3v) is 2.53. The number of ether oxygens (including phenoxy) is 2. The molecule has 0 aliphatic heterocycles. The molecule has 0 aliphatic rings. The molecule has 5 nitrogen and oxygen atoms in total. The third kappa shape index (κ3) is 4.00. The first kappa shape index (κ1) is 12.2. The highest BCUT2D eigenvalue weighted by Gasteiger charge is 2.07. The fourth-order valence-corrected chi connectivity index (χ4v) is 1.10. The number of alkyl halides is 1. The molecule has 1 aromatic carbocycles. The Morgan fingerprint density at radius 1 is 1.60 bits per heavy atom. The van der Waals surface area contributed by atoms with Gasteiger partial charge in [0, 0.05) is 13.2 Å². The minimum Gasteiger partial charge on any atom is -0.490 e. The van der Waals surface area contributed by atoms with Crippen LogP contribution in [-0.2, 0) is 4.74 Å². The Hall–Kier alpha value is -0.890. The maximum atomic E-state index is 10.5. The van der Waals surface area contributed by atoms with Gasteiger partial charge in [0.25, 0.3) is 5.69 Å². The van der Waals surface area contributed by atoms with Crippen LogP contribution in [0, 0.1) is 10.1 Å². The van der Waals surface area contributed by atoms with E-state index in [4.69, 9.17) is 9.47 Å². The lowest BCUT2D eigenvalue weighted by Gasteiger charge is -2.09. The van der Waals surface area contributed by atoms with Gasteiger partial charge in [-0.25, -0.2) is 0 Å². The molecular formula is C9H10INO4. The van der Waals surface area contributed by atoms with Crippen LogP contribution in [0.3, 0.4) is 0 Å². The lowest BCUT2D eigenvalue weighted by atomic mass is 10.3. The van der Waals surface area contributed by atoms with E-state index in [2.05, 4.69) is 22.6 Å². The lowest BCUT2D eigenvalue weighted by Crippen LogP contribution is -2.12. The highest BCUT2D eigenvalue weighted by molar-refractivity contribution is 14.1. The molecule has 0 bridgehead atoms. The maximum Gasteiger partial charge on any atom is 0.273 e. The van der Waals surface area contributed by atoms with Crippen molar-refractivity contribution in [3.8, 4) is 5.75 Å². The second kappa shape index (κ2) is 5.86. The molecule has 1 rings (SSSR count). The highest BCUT2D eigenvalue weighted by Crippen LogP contribution is 2.19. The van der Waals surface area contributed by atoms with Crippen molar-refractivity contribution in [2.45, 2.75) is 4.11 Å². The van der Waals surface area contributed by atoms with Gasteiger partial charge < -0.3 is 9.47 Å². The van der Waals surface area contributed by atoms with E-state index in [1.54, 1.807) is 19.2 Å². The second-order valence-corrected chi connectivity index (χ2v) is 4.10. The minimum absolute atomic E-state index is 0.0231. The van der Waals surface area contributed by atoms with Crippen LogP contribution in [0.1, 0.15) is 0 Å². The van der Waals surface area contributed by atoms with Gasteiger partial charge in [0.05, 0.1) is 11.0 Å². The largest absolute Gasteiger partial charge is 0.490 e. The Bertz CT molecular complexity index is 345. The van der Waals surface area contributed by atoms with Crippen LogP contribution in [0.4, 0.5) is 5.69 Å². The van der Waals surface area contributed by atoms with Crippen LogP contribution >= 0.6 is 22.6 Å². The van der Waals surface area contributed by atoms with Crippen LogP contribution in [0.15, 0.2) is 24.3 Å². The molecule has 0 saturated carbocycles. The molecule has 0 heterocycles. The topological polar surface area (TPSA) is 61.6 Å². The molecule has 0 aliphatic carbocycles. The van der Waals surface area contributed by atoms with Crippen molar-refractivity contribution in [1.29, 1.82) is 0 Å². The number of nitrogens with zero attached hydrogens (tertiary/aromatic N) is 1. The fourth-order valence-electron chi connectivity index (χ4n) is 0.917. The Balaban J connectivity index is 2.62. The number of halogens is 1. The van der Waals surface area contributed by atoms with Crippen LogP contribution < -0.4 is 4.74 Å². The summed E-state index contributed by atoms with van der Waals surface area (Å²) in [6, 6.07) is 6.07. The number of nitro benzene ring substituents is 1. The Labute approximate surface area is 101 Å². The third-order valence-electron chi connectivity index (χ3n) is 1.67. The van der Waals surface area contributed by atoms with Crippen LogP contribution in [0.5, 0.6) is 5.75 Å². The van der Waals surface area contributed by atoms with Gasteiger partial charge in [-0.15, -0.1) is 0 Å². The summed E-state index contributed by atoms with van der Waals surface area (Å²) in [7, 11) is 1.58. The van der Waals surface area contributed by atoms with E-state index in [0.717, 1.165) is 0 Å². The molecule has 6 heteroatoms. The normalized spacial score (nSPS) is 12.1. The summed E-state index contributed by atoms with van der Waals surface area (Å²) in [4.78, 5) is 10.0. The predicted octanol–water partition coefficient (Wildman–Crippen LogP) is 2.38.